The first-order valence-electron chi connectivity index (χ1n) is 14.5. The molecule has 0 aromatic carbocycles. The highest BCUT2D eigenvalue weighted by atomic mass is 32.1. The van der Waals surface area contributed by atoms with E-state index in [2.05, 4.69) is 49.9 Å². The number of nitrogens with one attached hydrogen (secondary N) is 2. The van der Waals surface area contributed by atoms with Gasteiger partial charge < -0.3 is 20.3 Å². The van der Waals surface area contributed by atoms with Crippen LogP contribution >= 0.6 is 11.3 Å². The van der Waals surface area contributed by atoms with Crippen molar-refractivity contribution in [2.75, 3.05) is 36.5 Å². The fourth-order valence-electron chi connectivity index (χ4n) is 6.70. The van der Waals surface area contributed by atoms with E-state index in [1.165, 1.54) is 0 Å². The average Bonchev–Trinajstić information content (AvgIpc) is 3.68. The summed E-state index contributed by atoms with van der Waals surface area (Å²) in [6, 6.07) is 10.2. The largest absolute Gasteiger partial charge is 0.381 e. The molecule has 2 bridgehead atoms. The molecule has 42 heavy (non-hydrogen) atoms. The van der Waals surface area contributed by atoms with E-state index in [0.717, 1.165) is 77.1 Å². The maximum atomic E-state index is 11.7. The zero-order valence-electron chi connectivity index (χ0n) is 23.7. The molecule has 1 aliphatic carbocycles. The van der Waals surface area contributed by atoms with Gasteiger partial charge in [-0.05, 0) is 68.7 Å². The second-order valence-electron chi connectivity index (χ2n) is 11.9. The Kier molecular flexibility index (Phi) is 6.79. The number of anilines is 2. The maximum Gasteiger partial charge on any atom is 0.217 e. The number of rotatable bonds is 6. The van der Waals surface area contributed by atoms with Crippen LogP contribution in [0.4, 0.5) is 10.8 Å². The fraction of sp³-hybridized carbons (Fsp3) is 0.467. The Balaban J connectivity index is 1.21. The molecule has 4 aromatic rings. The van der Waals surface area contributed by atoms with Crippen molar-refractivity contribution in [3.63, 3.8) is 0 Å². The monoisotopic (exact) mass is 583 g/mol. The summed E-state index contributed by atoms with van der Waals surface area (Å²) >= 11 is 1.59. The molecule has 3 fully saturated rings. The van der Waals surface area contributed by atoms with E-state index in [-0.39, 0.29) is 17.5 Å². The number of carbonyl (C=O) groups excluding carboxylic acids is 1. The number of hydrogen-bond acceptors (Lipinski definition) is 10. The molecule has 11 nitrogen and oxygen atoms in total. The predicted molar refractivity (Wildman–Crippen MR) is 160 cm³/mol. The van der Waals surface area contributed by atoms with Gasteiger partial charge in [0, 0.05) is 56.7 Å². The molecule has 1 saturated carbocycles. The minimum Gasteiger partial charge on any atom is -0.381 e. The number of hydrogen-bond donors (Lipinski definition) is 2. The van der Waals surface area contributed by atoms with Crippen molar-refractivity contribution in [1.82, 2.24) is 30.1 Å². The number of pyridine rings is 1. The fourth-order valence-corrected chi connectivity index (χ4v) is 7.58. The lowest BCUT2D eigenvalue weighted by molar-refractivity contribution is -0.120. The Morgan fingerprint density at radius 1 is 1.14 bits per heavy atom. The summed E-state index contributed by atoms with van der Waals surface area (Å²) in [4.78, 5) is 18.9. The van der Waals surface area contributed by atoms with Crippen molar-refractivity contribution in [3.05, 3.63) is 42.2 Å². The molecular weight excluding hydrogens is 550 g/mol. The highest BCUT2D eigenvalue weighted by Crippen LogP contribution is 2.42. The van der Waals surface area contributed by atoms with Crippen molar-refractivity contribution in [2.45, 2.75) is 51.1 Å². The lowest BCUT2D eigenvalue weighted by Crippen LogP contribution is -2.52. The van der Waals surface area contributed by atoms with Gasteiger partial charge in [0.15, 0.2) is 5.01 Å². The number of ether oxygens (including phenoxy) is 1. The normalized spacial score (nSPS) is 23.1. The van der Waals surface area contributed by atoms with Crippen LogP contribution < -0.4 is 15.5 Å². The Bertz CT molecular complexity index is 1670. The van der Waals surface area contributed by atoms with Crippen LogP contribution in [0.1, 0.15) is 45.1 Å². The van der Waals surface area contributed by atoms with E-state index in [1.807, 2.05) is 28.9 Å². The molecular formula is C30H33N9O2S. The lowest BCUT2D eigenvalue weighted by atomic mass is 9.92. The van der Waals surface area contributed by atoms with Gasteiger partial charge in [0.05, 0.1) is 34.2 Å². The number of nitriles is 1. The highest BCUT2D eigenvalue weighted by molar-refractivity contribution is 7.18. The van der Waals surface area contributed by atoms with Crippen LogP contribution in [0.3, 0.4) is 0 Å². The molecule has 216 valence electrons. The van der Waals surface area contributed by atoms with Gasteiger partial charge in [-0.3, -0.25) is 9.78 Å². The molecule has 12 heteroatoms. The molecule has 3 aliphatic rings. The van der Waals surface area contributed by atoms with Crippen LogP contribution in [0, 0.1) is 23.2 Å². The molecule has 4 aromatic heterocycles. The third-order valence-corrected chi connectivity index (χ3v) is 9.96. The molecule has 2 N–H and O–H groups in total. The summed E-state index contributed by atoms with van der Waals surface area (Å²) in [6.07, 6.45) is 7.48. The van der Waals surface area contributed by atoms with E-state index in [9.17, 15) is 10.1 Å². The smallest absolute Gasteiger partial charge is 0.217 e. The summed E-state index contributed by atoms with van der Waals surface area (Å²) < 4.78 is 7.46. The summed E-state index contributed by atoms with van der Waals surface area (Å²) in [5.41, 5.74) is 4.69. The van der Waals surface area contributed by atoms with E-state index < -0.39 is 0 Å². The first kappa shape index (κ1) is 26.8. The van der Waals surface area contributed by atoms with Crippen LogP contribution in [0.5, 0.6) is 0 Å². The second-order valence-corrected chi connectivity index (χ2v) is 12.9. The standard InChI is InChI=1S/C30H33N9O2S/c1-18(40)34-27-20-3-4-21(27)17-38(16-20)29-37-36-28(42-29)23-15-32-25(12-24(23)35-30(2)7-9-41-10-8-30)26-6-5-22-11-19(13-31)14-33-39(22)26/h5-6,11-12,14-15,20-21,27H,3-4,7-10,16-17H2,1-2H3,(H,32,35)(H,34,40)/t20-,21+,27?. The topological polar surface area (TPSA) is 133 Å². The first-order valence-corrected chi connectivity index (χ1v) is 15.3. The average molecular weight is 584 g/mol. The predicted octanol–water partition coefficient (Wildman–Crippen LogP) is 4.12. The molecule has 1 amide bonds. The number of amides is 1. The summed E-state index contributed by atoms with van der Waals surface area (Å²) in [5.74, 6) is 0.913. The minimum atomic E-state index is -0.134. The number of fused-ring (bicyclic) bond motifs is 3. The van der Waals surface area contributed by atoms with Gasteiger partial charge >= 0.3 is 0 Å². The zero-order valence-corrected chi connectivity index (χ0v) is 24.5. The first-order chi connectivity index (χ1) is 20.4. The van der Waals surface area contributed by atoms with E-state index in [1.54, 1.807) is 24.5 Å². The summed E-state index contributed by atoms with van der Waals surface area (Å²) in [7, 11) is 0. The van der Waals surface area contributed by atoms with E-state index in [0.29, 0.717) is 30.6 Å². The van der Waals surface area contributed by atoms with Gasteiger partial charge in [-0.25, -0.2) is 4.52 Å². The number of piperidine rings is 1. The van der Waals surface area contributed by atoms with Crippen molar-refractivity contribution in [3.8, 4) is 28.0 Å². The van der Waals surface area contributed by atoms with Gasteiger partial charge in [-0.1, -0.05) is 11.3 Å². The van der Waals surface area contributed by atoms with E-state index in [4.69, 9.17) is 9.72 Å². The number of aromatic nitrogens is 5. The second kappa shape index (κ2) is 10.6. The molecule has 3 atom stereocenters. The van der Waals surface area contributed by atoms with Crippen molar-refractivity contribution >= 4 is 33.6 Å². The Morgan fingerprint density at radius 2 is 1.93 bits per heavy atom. The molecule has 0 spiro atoms. The molecule has 1 unspecified atom stereocenters. The van der Waals surface area contributed by atoms with Crippen molar-refractivity contribution in [1.29, 1.82) is 5.26 Å². The quantitative estimate of drug-likeness (QED) is 0.344. The third kappa shape index (κ3) is 4.97. The molecule has 6 heterocycles. The lowest BCUT2D eigenvalue weighted by Gasteiger charge is -2.37. The van der Waals surface area contributed by atoms with Gasteiger partial charge in [0.25, 0.3) is 0 Å². The molecule has 2 aliphatic heterocycles. The third-order valence-electron chi connectivity index (χ3n) is 8.95. The van der Waals surface area contributed by atoms with Gasteiger partial charge in [0.2, 0.25) is 11.0 Å². The highest BCUT2D eigenvalue weighted by Gasteiger charge is 2.43. The molecule has 0 radical (unpaired) electrons. The van der Waals surface area contributed by atoms with Crippen molar-refractivity contribution < 1.29 is 9.53 Å². The van der Waals surface area contributed by atoms with Crippen LogP contribution in [-0.4, -0.2) is 68.6 Å². The van der Waals surface area contributed by atoms with Gasteiger partial charge in [0.1, 0.15) is 6.07 Å². The number of nitrogens with zero attached hydrogens (tertiary/aromatic N) is 7. The van der Waals surface area contributed by atoms with Gasteiger partial charge in [-0.2, -0.15) is 10.4 Å². The van der Waals surface area contributed by atoms with Gasteiger partial charge in [-0.15, -0.1) is 10.2 Å². The Morgan fingerprint density at radius 3 is 2.67 bits per heavy atom. The molecule has 7 rings (SSSR count). The zero-order chi connectivity index (χ0) is 28.8. The van der Waals surface area contributed by atoms with Crippen LogP contribution in [-0.2, 0) is 9.53 Å². The van der Waals surface area contributed by atoms with Crippen LogP contribution in [0.25, 0.3) is 27.5 Å². The van der Waals surface area contributed by atoms with Crippen LogP contribution in [0.15, 0.2) is 36.7 Å². The maximum absolute atomic E-state index is 11.7. The molecule has 2 saturated heterocycles. The van der Waals surface area contributed by atoms with Crippen molar-refractivity contribution in [2.24, 2.45) is 11.8 Å². The Labute approximate surface area is 247 Å². The number of carbonyl (C=O) groups is 1. The summed E-state index contributed by atoms with van der Waals surface area (Å²) in [6.45, 7) is 7.01. The van der Waals surface area contributed by atoms with Crippen LogP contribution in [0.2, 0.25) is 0 Å². The summed E-state index contributed by atoms with van der Waals surface area (Å²) in [5, 5.41) is 31.8. The minimum absolute atomic E-state index is 0.0496. The van der Waals surface area contributed by atoms with E-state index >= 15 is 0 Å². The Hall–Kier alpha value is -4.08. The SMILES string of the molecule is CC(=O)NC1[C@@H]2CC[C@H]1CN(c1nnc(-c3cnc(-c4ccc5cc(C#N)cnn45)cc3NC3(C)CCOCC3)s1)C2.